The second kappa shape index (κ2) is 5.89. The molecular formula is C17H14ClN3O3. The summed E-state index contributed by atoms with van der Waals surface area (Å²) < 4.78 is 5.84. The van der Waals surface area contributed by atoms with Gasteiger partial charge in [0, 0.05) is 31.2 Å². The van der Waals surface area contributed by atoms with Crippen LogP contribution in [0.15, 0.2) is 39.5 Å². The SMILES string of the molecule is O=C(c1c2oc3ccc(Cl)cc3nc-2ccc1=O)N1CCNCC1. The third-order valence-electron chi connectivity index (χ3n) is 4.09. The molecule has 0 saturated carbocycles. The van der Waals surface area contributed by atoms with Gasteiger partial charge in [0.15, 0.2) is 16.8 Å². The van der Waals surface area contributed by atoms with Crippen LogP contribution in [0.5, 0.6) is 0 Å². The number of carbonyl (C=O) groups excluding carboxylic acids is 1. The van der Waals surface area contributed by atoms with Gasteiger partial charge in [0.25, 0.3) is 5.91 Å². The summed E-state index contributed by atoms with van der Waals surface area (Å²) in [6.45, 7) is 2.54. The average Bonchev–Trinajstić information content (AvgIpc) is 2.60. The maximum absolute atomic E-state index is 12.8. The van der Waals surface area contributed by atoms with E-state index < -0.39 is 0 Å². The number of amides is 1. The number of hydrogen-bond acceptors (Lipinski definition) is 5. The minimum Gasteiger partial charge on any atom is -0.452 e. The lowest BCUT2D eigenvalue weighted by Crippen LogP contribution is -2.47. The monoisotopic (exact) mass is 343 g/mol. The second-order valence-corrected chi connectivity index (χ2v) is 6.09. The molecule has 1 fully saturated rings. The van der Waals surface area contributed by atoms with Gasteiger partial charge in [-0.25, -0.2) is 4.98 Å². The first-order valence-corrected chi connectivity index (χ1v) is 8.04. The molecule has 7 heteroatoms. The number of aromatic nitrogens is 1. The van der Waals surface area contributed by atoms with Crippen molar-refractivity contribution in [1.82, 2.24) is 15.2 Å². The fourth-order valence-corrected chi connectivity index (χ4v) is 3.04. The summed E-state index contributed by atoms with van der Waals surface area (Å²) >= 11 is 5.98. The topological polar surface area (TPSA) is 75.4 Å². The van der Waals surface area contributed by atoms with Gasteiger partial charge in [-0.1, -0.05) is 11.6 Å². The molecule has 0 spiro atoms. The van der Waals surface area contributed by atoms with E-state index in [0.29, 0.717) is 48.0 Å². The molecule has 2 aliphatic heterocycles. The molecule has 2 heterocycles. The van der Waals surface area contributed by atoms with E-state index in [4.69, 9.17) is 16.0 Å². The highest BCUT2D eigenvalue weighted by molar-refractivity contribution is 6.31. The first-order chi connectivity index (χ1) is 11.6. The van der Waals surface area contributed by atoms with Crippen molar-refractivity contribution in [3.63, 3.8) is 0 Å². The molecule has 1 aliphatic carbocycles. The third-order valence-corrected chi connectivity index (χ3v) is 4.33. The number of hydrogen-bond donors (Lipinski definition) is 1. The molecule has 0 bridgehead atoms. The molecule has 1 amide bonds. The molecule has 6 nitrogen and oxygen atoms in total. The van der Waals surface area contributed by atoms with Crippen LogP contribution < -0.4 is 10.7 Å². The molecule has 0 unspecified atom stereocenters. The normalized spacial score (nSPS) is 15.1. The Hall–Kier alpha value is -2.44. The number of carbonyl (C=O) groups is 1. The zero-order chi connectivity index (χ0) is 16.7. The van der Waals surface area contributed by atoms with Gasteiger partial charge in [-0.2, -0.15) is 0 Å². The van der Waals surface area contributed by atoms with E-state index in [9.17, 15) is 9.59 Å². The Morgan fingerprint density at radius 1 is 1.21 bits per heavy atom. The van der Waals surface area contributed by atoms with Crippen LogP contribution in [0.25, 0.3) is 22.6 Å². The Bertz CT molecular complexity index is 963. The lowest BCUT2D eigenvalue weighted by molar-refractivity contribution is 0.0733. The molecule has 4 rings (SSSR count). The van der Waals surface area contributed by atoms with E-state index >= 15 is 0 Å². The molecule has 122 valence electrons. The highest BCUT2D eigenvalue weighted by Gasteiger charge is 2.27. The molecule has 1 N–H and O–H groups in total. The first-order valence-electron chi connectivity index (χ1n) is 7.66. The summed E-state index contributed by atoms with van der Waals surface area (Å²) in [5, 5.41) is 3.73. The molecule has 1 saturated heterocycles. The predicted molar refractivity (Wildman–Crippen MR) is 90.7 cm³/mol. The lowest BCUT2D eigenvalue weighted by atomic mass is 10.1. The molecule has 1 aromatic rings. The largest absolute Gasteiger partial charge is 0.452 e. The number of halogens is 1. The zero-order valence-electron chi connectivity index (χ0n) is 12.7. The fourth-order valence-electron chi connectivity index (χ4n) is 2.88. The summed E-state index contributed by atoms with van der Waals surface area (Å²) in [6, 6.07) is 7.97. The zero-order valence-corrected chi connectivity index (χ0v) is 13.5. The molecule has 0 aromatic heterocycles. The van der Waals surface area contributed by atoms with Crippen LogP contribution >= 0.6 is 11.6 Å². The van der Waals surface area contributed by atoms with E-state index in [-0.39, 0.29) is 22.7 Å². The fraction of sp³-hybridized carbons (Fsp3) is 0.235. The van der Waals surface area contributed by atoms with Gasteiger partial charge >= 0.3 is 0 Å². The summed E-state index contributed by atoms with van der Waals surface area (Å²) in [5.74, 6) is -0.0909. The number of rotatable bonds is 1. The van der Waals surface area contributed by atoms with Gasteiger partial charge in [-0.05, 0) is 30.3 Å². The summed E-state index contributed by atoms with van der Waals surface area (Å²) in [4.78, 5) is 31.3. The van der Waals surface area contributed by atoms with Crippen LogP contribution in [0.1, 0.15) is 10.4 Å². The summed E-state index contributed by atoms with van der Waals surface area (Å²) in [6.07, 6.45) is 0. The van der Waals surface area contributed by atoms with Crippen molar-refractivity contribution >= 4 is 28.6 Å². The van der Waals surface area contributed by atoms with Crippen molar-refractivity contribution in [1.29, 1.82) is 0 Å². The van der Waals surface area contributed by atoms with Crippen molar-refractivity contribution in [2.75, 3.05) is 26.2 Å². The van der Waals surface area contributed by atoms with Gasteiger partial charge in [0.1, 0.15) is 16.8 Å². The number of nitrogens with zero attached hydrogens (tertiary/aromatic N) is 2. The minimum atomic E-state index is -0.357. The van der Waals surface area contributed by atoms with Gasteiger partial charge in [0.2, 0.25) is 0 Å². The number of nitrogens with one attached hydrogen (secondary N) is 1. The van der Waals surface area contributed by atoms with Crippen LogP contribution in [-0.2, 0) is 0 Å². The predicted octanol–water partition coefficient (Wildman–Crippen LogP) is 1.99. The Kier molecular flexibility index (Phi) is 3.70. The molecule has 24 heavy (non-hydrogen) atoms. The van der Waals surface area contributed by atoms with E-state index in [1.165, 1.54) is 6.07 Å². The van der Waals surface area contributed by atoms with Gasteiger partial charge in [0.05, 0.1) is 0 Å². The first kappa shape index (κ1) is 15.1. The molecule has 0 radical (unpaired) electrons. The highest BCUT2D eigenvalue weighted by Crippen LogP contribution is 2.28. The Morgan fingerprint density at radius 2 is 2.00 bits per heavy atom. The number of fused-ring (bicyclic) bond motifs is 2. The molecule has 1 aromatic carbocycles. The maximum Gasteiger partial charge on any atom is 0.261 e. The van der Waals surface area contributed by atoms with Crippen LogP contribution in [0.4, 0.5) is 0 Å². The lowest BCUT2D eigenvalue weighted by Gasteiger charge is -2.27. The van der Waals surface area contributed by atoms with Crippen molar-refractivity contribution < 1.29 is 9.21 Å². The third kappa shape index (κ3) is 2.53. The quantitative estimate of drug-likeness (QED) is 0.684. The van der Waals surface area contributed by atoms with Crippen molar-refractivity contribution in [2.24, 2.45) is 0 Å². The molecular weight excluding hydrogens is 330 g/mol. The van der Waals surface area contributed by atoms with Crippen LogP contribution in [-0.4, -0.2) is 42.0 Å². The standard InChI is InChI=1S/C17H14ClN3O3/c18-10-1-4-14-12(9-10)20-11-2-3-13(22)15(16(11)24-14)17(23)21-7-5-19-6-8-21/h1-4,9,19H,5-8H2. The van der Waals surface area contributed by atoms with Gasteiger partial charge in [-0.3, -0.25) is 9.59 Å². The Morgan fingerprint density at radius 3 is 2.79 bits per heavy atom. The molecule has 3 aliphatic rings. The minimum absolute atomic E-state index is 0.0405. The Balaban J connectivity index is 1.91. The summed E-state index contributed by atoms with van der Waals surface area (Å²) in [5.41, 5.74) is 1.20. The van der Waals surface area contributed by atoms with Crippen molar-refractivity contribution in [3.05, 3.63) is 51.1 Å². The van der Waals surface area contributed by atoms with Crippen molar-refractivity contribution in [2.45, 2.75) is 0 Å². The van der Waals surface area contributed by atoms with E-state index in [1.807, 2.05) is 0 Å². The van der Waals surface area contributed by atoms with Gasteiger partial charge < -0.3 is 14.6 Å². The summed E-state index contributed by atoms with van der Waals surface area (Å²) in [7, 11) is 0. The van der Waals surface area contributed by atoms with Crippen LogP contribution in [0.3, 0.4) is 0 Å². The molecule has 0 atom stereocenters. The average molecular weight is 344 g/mol. The van der Waals surface area contributed by atoms with E-state index in [2.05, 4.69) is 10.3 Å². The highest BCUT2D eigenvalue weighted by atomic mass is 35.5. The van der Waals surface area contributed by atoms with E-state index in [1.54, 1.807) is 29.2 Å². The van der Waals surface area contributed by atoms with Gasteiger partial charge in [-0.15, -0.1) is 0 Å². The maximum atomic E-state index is 12.8. The second-order valence-electron chi connectivity index (χ2n) is 5.66. The Labute approximate surface area is 142 Å². The van der Waals surface area contributed by atoms with E-state index in [0.717, 1.165) is 0 Å². The number of benzene rings is 2. The number of piperazine rings is 1. The van der Waals surface area contributed by atoms with Crippen LogP contribution in [0, 0.1) is 0 Å². The van der Waals surface area contributed by atoms with Crippen LogP contribution in [0.2, 0.25) is 5.02 Å². The van der Waals surface area contributed by atoms with Crippen molar-refractivity contribution in [3.8, 4) is 11.5 Å². The smallest absolute Gasteiger partial charge is 0.261 e.